The molecule has 0 amide bonds. The highest BCUT2D eigenvalue weighted by Gasteiger charge is 2.27. The van der Waals surface area contributed by atoms with Crippen molar-refractivity contribution in [1.29, 1.82) is 0 Å². The lowest BCUT2D eigenvalue weighted by Crippen LogP contribution is -2.14. The molecule has 0 aliphatic heterocycles. The maximum absolute atomic E-state index is 12.0. The molecule has 1 rings (SSSR count). The second-order valence-corrected chi connectivity index (χ2v) is 5.96. The Kier molecular flexibility index (Phi) is 3.25. The minimum atomic E-state index is -3.49. The quantitative estimate of drug-likeness (QED) is 0.582. The summed E-state index contributed by atoms with van der Waals surface area (Å²) in [5.41, 5.74) is 2.49. The normalized spacial score (nSPS) is 11.1. The number of benzene rings is 1. The van der Waals surface area contributed by atoms with Crippen molar-refractivity contribution in [2.24, 2.45) is 0 Å². The number of carbonyl (C=O) groups excluding carboxylic acids is 2. The molecule has 0 fully saturated rings. The molecule has 0 aliphatic carbocycles. The van der Waals surface area contributed by atoms with E-state index in [-0.39, 0.29) is 12.1 Å². The van der Waals surface area contributed by atoms with Crippen LogP contribution in [-0.4, -0.2) is 12.1 Å². The molecule has 15 heavy (non-hydrogen) atoms. The third kappa shape index (κ3) is 2.07. The number of carbonyl (C=O) groups is 2. The van der Waals surface area contributed by atoms with Gasteiger partial charge in [0.15, 0.2) is 12.1 Å². The fourth-order valence-electron chi connectivity index (χ4n) is 1.85. The SMILES string of the molecule is Cc1cc(C)c(P(=O)(C=O)C=O)c(C)c1. The summed E-state index contributed by atoms with van der Waals surface area (Å²) in [7, 11) is -3.49. The van der Waals surface area contributed by atoms with Gasteiger partial charge in [-0.05, 0) is 31.9 Å². The molecule has 0 radical (unpaired) electrons. The fraction of sp³-hybridized carbons (Fsp3) is 0.273. The summed E-state index contributed by atoms with van der Waals surface area (Å²) in [4.78, 5) is 21.5. The van der Waals surface area contributed by atoms with Gasteiger partial charge in [-0.3, -0.25) is 9.59 Å². The van der Waals surface area contributed by atoms with Crippen molar-refractivity contribution in [1.82, 2.24) is 0 Å². The van der Waals surface area contributed by atoms with E-state index in [4.69, 9.17) is 0 Å². The molecule has 0 aromatic heterocycles. The number of hydrogen-bond acceptors (Lipinski definition) is 3. The van der Waals surface area contributed by atoms with Gasteiger partial charge in [0.25, 0.3) is 0 Å². The van der Waals surface area contributed by atoms with Gasteiger partial charge in [0.2, 0.25) is 7.14 Å². The monoisotopic (exact) mass is 224 g/mol. The molecule has 3 nitrogen and oxygen atoms in total. The fourth-order valence-corrected chi connectivity index (χ4v) is 3.35. The first-order valence-corrected chi connectivity index (χ1v) is 6.39. The highest BCUT2D eigenvalue weighted by molar-refractivity contribution is 7.96. The molecule has 0 saturated carbocycles. The van der Waals surface area contributed by atoms with Gasteiger partial charge in [0.1, 0.15) is 0 Å². The van der Waals surface area contributed by atoms with Gasteiger partial charge in [0.05, 0.1) is 0 Å². The second-order valence-electron chi connectivity index (χ2n) is 3.67. The van der Waals surface area contributed by atoms with Crippen LogP contribution in [0.3, 0.4) is 0 Å². The Morgan fingerprint density at radius 3 is 1.73 bits per heavy atom. The molecule has 0 aliphatic rings. The Morgan fingerprint density at radius 1 is 1.00 bits per heavy atom. The van der Waals surface area contributed by atoms with E-state index in [1.165, 1.54) is 0 Å². The first-order chi connectivity index (χ1) is 6.94. The lowest BCUT2D eigenvalue weighted by Gasteiger charge is -2.12. The van der Waals surface area contributed by atoms with Crippen molar-refractivity contribution in [2.45, 2.75) is 20.8 Å². The molecule has 0 bridgehead atoms. The van der Waals surface area contributed by atoms with Crippen molar-refractivity contribution in [3.05, 3.63) is 28.8 Å². The van der Waals surface area contributed by atoms with Gasteiger partial charge >= 0.3 is 0 Å². The Labute approximate surface area is 88.9 Å². The highest BCUT2D eigenvalue weighted by atomic mass is 31.2. The molecule has 1 aromatic rings. The van der Waals surface area contributed by atoms with Crippen molar-refractivity contribution < 1.29 is 14.2 Å². The smallest absolute Gasteiger partial charge is 0.233 e. The minimum absolute atomic E-state index is 0.269. The minimum Gasteiger partial charge on any atom is -0.303 e. The van der Waals surface area contributed by atoms with E-state index >= 15 is 0 Å². The standard InChI is InChI=1S/C11H13O3P/c1-8-4-9(2)11(10(3)5-8)15(14,6-12)7-13/h4-7H,1-3H3. The van der Waals surface area contributed by atoms with Gasteiger partial charge in [-0.15, -0.1) is 0 Å². The number of rotatable bonds is 3. The Bertz CT molecular complexity index is 428. The Hall–Kier alpha value is -1.21. The average molecular weight is 224 g/mol. The van der Waals surface area contributed by atoms with Gasteiger partial charge in [0, 0.05) is 5.30 Å². The number of hydrogen-bond donors (Lipinski definition) is 0. The lowest BCUT2D eigenvalue weighted by atomic mass is 10.1. The molecular weight excluding hydrogens is 211 g/mol. The Morgan fingerprint density at radius 2 is 1.40 bits per heavy atom. The van der Waals surface area contributed by atoms with Crippen LogP contribution in [0.25, 0.3) is 0 Å². The van der Waals surface area contributed by atoms with Crippen molar-refractivity contribution in [3.8, 4) is 0 Å². The van der Waals surface area contributed by atoms with Gasteiger partial charge in [-0.25, -0.2) is 0 Å². The highest BCUT2D eigenvalue weighted by Crippen LogP contribution is 2.39. The van der Waals surface area contributed by atoms with Crippen LogP contribution in [0.4, 0.5) is 0 Å². The van der Waals surface area contributed by atoms with Crippen LogP contribution in [0.2, 0.25) is 0 Å². The number of aryl methyl sites for hydroxylation is 3. The predicted octanol–water partition coefficient (Wildman–Crippen LogP) is 1.98. The van der Waals surface area contributed by atoms with Crippen LogP contribution in [-0.2, 0) is 14.2 Å². The summed E-state index contributed by atoms with van der Waals surface area (Å²) in [5.74, 6) is 0. The molecule has 0 spiro atoms. The lowest BCUT2D eigenvalue weighted by molar-refractivity contribution is 0.548. The van der Waals surface area contributed by atoms with Gasteiger partial charge < -0.3 is 4.57 Å². The zero-order valence-corrected chi connectivity index (χ0v) is 9.88. The van der Waals surface area contributed by atoms with E-state index in [2.05, 4.69) is 0 Å². The van der Waals surface area contributed by atoms with E-state index in [1.54, 1.807) is 13.8 Å². The molecule has 0 saturated heterocycles. The largest absolute Gasteiger partial charge is 0.303 e. The van der Waals surface area contributed by atoms with E-state index in [1.807, 2.05) is 19.1 Å². The third-order valence-corrected chi connectivity index (χ3v) is 4.33. The second kappa shape index (κ2) is 4.11. The van der Waals surface area contributed by atoms with Crippen molar-refractivity contribution in [3.63, 3.8) is 0 Å². The van der Waals surface area contributed by atoms with Crippen LogP contribution in [0, 0.1) is 20.8 Å². The Balaban J connectivity index is 3.57. The molecular formula is C11H13O3P. The summed E-state index contributed by atoms with van der Waals surface area (Å²) in [6.45, 7) is 5.43. The topological polar surface area (TPSA) is 51.2 Å². The maximum atomic E-state index is 12.0. The van der Waals surface area contributed by atoms with Crippen LogP contribution in [0.1, 0.15) is 16.7 Å². The first kappa shape index (κ1) is 11.9. The van der Waals surface area contributed by atoms with Crippen LogP contribution in [0.15, 0.2) is 12.1 Å². The van der Waals surface area contributed by atoms with E-state index in [0.717, 1.165) is 16.7 Å². The van der Waals surface area contributed by atoms with Crippen LogP contribution < -0.4 is 5.30 Å². The van der Waals surface area contributed by atoms with E-state index in [9.17, 15) is 14.2 Å². The zero-order valence-electron chi connectivity index (χ0n) is 8.98. The first-order valence-electron chi connectivity index (χ1n) is 4.55. The summed E-state index contributed by atoms with van der Waals surface area (Å²) < 4.78 is 12.0. The van der Waals surface area contributed by atoms with Gasteiger partial charge in [-0.2, -0.15) is 0 Å². The summed E-state index contributed by atoms with van der Waals surface area (Å²) in [6.07, 6.45) is 0. The van der Waals surface area contributed by atoms with E-state index < -0.39 is 7.14 Å². The molecule has 0 unspecified atom stereocenters. The molecule has 1 aromatic carbocycles. The molecule has 80 valence electrons. The third-order valence-electron chi connectivity index (χ3n) is 2.30. The maximum Gasteiger partial charge on any atom is 0.233 e. The van der Waals surface area contributed by atoms with E-state index in [0.29, 0.717) is 5.30 Å². The molecule has 0 N–H and O–H groups in total. The average Bonchev–Trinajstić information content (AvgIpc) is 2.15. The zero-order chi connectivity index (χ0) is 11.6. The van der Waals surface area contributed by atoms with Crippen molar-refractivity contribution in [2.75, 3.05) is 0 Å². The van der Waals surface area contributed by atoms with Gasteiger partial charge in [-0.1, -0.05) is 17.7 Å². The van der Waals surface area contributed by atoms with Crippen LogP contribution >= 0.6 is 7.14 Å². The van der Waals surface area contributed by atoms with Crippen LogP contribution in [0.5, 0.6) is 0 Å². The summed E-state index contributed by atoms with van der Waals surface area (Å²) in [5, 5.41) is 0.387. The summed E-state index contributed by atoms with van der Waals surface area (Å²) in [6, 6.07) is 4.18. The molecule has 0 heterocycles. The molecule has 4 heteroatoms. The predicted molar refractivity (Wildman–Crippen MR) is 61.4 cm³/mol. The molecule has 0 atom stereocenters. The van der Waals surface area contributed by atoms with Crippen molar-refractivity contribution >= 4 is 24.5 Å². The summed E-state index contributed by atoms with van der Waals surface area (Å²) >= 11 is 0.